The minimum Gasteiger partial charge on any atom is -0.340 e. The Morgan fingerprint density at radius 1 is 1.12 bits per heavy atom. The molecule has 1 saturated carbocycles. The summed E-state index contributed by atoms with van der Waals surface area (Å²) in [6.45, 7) is 0.672. The number of carbonyl (C=O) groups is 1. The summed E-state index contributed by atoms with van der Waals surface area (Å²) in [5.74, 6) is 0.292. The lowest BCUT2D eigenvalue weighted by Gasteiger charge is -2.35. The topological polar surface area (TPSA) is 23.6 Å². The summed E-state index contributed by atoms with van der Waals surface area (Å²) in [6, 6.07) is 0. The number of amides is 1. The number of carbonyl (C=O) groups excluding carboxylic acids is 1. The van der Waals surface area contributed by atoms with E-state index in [-0.39, 0.29) is 11.8 Å². The second kappa shape index (κ2) is 4.24. The Morgan fingerprint density at radius 2 is 1.69 bits per heavy atom. The molecule has 1 saturated heterocycles. The molecule has 6 heteroatoms. The number of halogens is 3. The van der Waals surface area contributed by atoms with Crippen molar-refractivity contribution in [2.45, 2.75) is 19.0 Å². The van der Waals surface area contributed by atoms with Crippen LogP contribution >= 0.6 is 0 Å². The molecule has 0 radical (unpaired) electrons. The van der Waals surface area contributed by atoms with Crippen molar-refractivity contribution in [2.24, 2.45) is 5.92 Å². The van der Waals surface area contributed by atoms with Crippen LogP contribution in [0.4, 0.5) is 13.2 Å². The van der Waals surface area contributed by atoms with Crippen LogP contribution in [0.15, 0.2) is 0 Å². The van der Waals surface area contributed by atoms with Gasteiger partial charge in [0.2, 0.25) is 5.91 Å². The molecule has 0 spiro atoms. The van der Waals surface area contributed by atoms with Crippen LogP contribution in [-0.4, -0.2) is 54.6 Å². The SMILES string of the molecule is O=C(C1CC1)N1CCN(CC(F)(F)F)CC1. The zero-order valence-corrected chi connectivity index (χ0v) is 8.96. The van der Waals surface area contributed by atoms with E-state index in [0.29, 0.717) is 26.2 Å². The van der Waals surface area contributed by atoms with Crippen LogP contribution < -0.4 is 0 Å². The smallest absolute Gasteiger partial charge is 0.340 e. The predicted octanol–water partition coefficient (Wildman–Crippen LogP) is 1.10. The molecule has 0 bridgehead atoms. The summed E-state index contributed by atoms with van der Waals surface area (Å²) < 4.78 is 36.3. The van der Waals surface area contributed by atoms with Gasteiger partial charge in [-0.15, -0.1) is 0 Å². The molecule has 1 amide bonds. The van der Waals surface area contributed by atoms with Crippen molar-refractivity contribution in [1.82, 2.24) is 9.80 Å². The molecule has 0 aromatic carbocycles. The molecule has 92 valence electrons. The number of hydrogen-bond acceptors (Lipinski definition) is 2. The molecular weight excluding hydrogens is 221 g/mol. The van der Waals surface area contributed by atoms with Crippen LogP contribution in [0.2, 0.25) is 0 Å². The number of alkyl halides is 3. The van der Waals surface area contributed by atoms with Gasteiger partial charge in [-0.3, -0.25) is 9.69 Å². The van der Waals surface area contributed by atoms with E-state index >= 15 is 0 Å². The number of rotatable bonds is 2. The maximum Gasteiger partial charge on any atom is 0.401 e. The maximum absolute atomic E-state index is 12.1. The Balaban J connectivity index is 1.75. The Bertz CT molecular complexity index is 268. The first-order valence-corrected chi connectivity index (χ1v) is 5.53. The van der Waals surface area contributed by atoms with Crippen LogP contribution in [0.25, 0.3) is 0 Å². The fourth-order valence-electron chi connectivity index (χ4n) is 1.97. The van der Waals surface area contributed by atoms with Gasteiger partial charge in [0.05, 0.1) is 6.54 Å². The molecule has 2 rings (SSSR count). The van der Waals surface area contributed by atoms with E-state index in [2.05, 4.69) is 0 Å². The molecular formula is C10H15F3N2O. The largest absolute Gasteiger partial charge is 0.401 e. The van der Waals surface area contributed by atoms with Crippen LogP contribution in [0, 0.1) is 5.92 Å². The van der Waals surface area contributed by atoms with Crippen LogP contribution in [0.5, 0.6) is 0 Å². The third-order valence-corrected chi connectivity index (χ3v) is 3.01. The van der Waals surface area contributed by atoms with Crippen LogP contribution in [0.1, 0.15) is 12.8 Å². The lowest BCUT2D eigenvalue weighted by Crippen LogP contribution is -2.51. The number of piperazine rings is 1. The van der Waals surface area contributed by atoms with Crippen molar-refractivity contribution in [3.8, 4) is 0 Å². The fraction of sp³-hybridized carbons (Fsp3) is 0.900. The first-order valence-electron chi connectivity index (χ1n) is 5.53. The molecule has 1 aliphatic heterocycles. The summed E-state index contributed by atoms with van der Waals surface area (Å²) in [5, 5.41) is 0. The minimum absolute atomic E-state index is 0.131. The third-order valence-electron chi connectivity index (χ3n) is 3.01. The molecule has 0 aromatic rings. The molecule has 0 unspecified atom stereocenters. The predicted molar refractivity (Wildman–Crippen MR) is 51.8 cm³/mol. The van der Waals surface area contributed by atoms with Gasteiger partial charge in [0.15, 0.2) is 0 Å². The summed E-state index contributed by atoms with van der Waals surface area (Å²) in [7, 11) is 0. The highest BCUT2D eigenvalue weighted by atomic mass is 19.4. The highest BCUT2D eigenvalue weighted by molar-refractivity contribution is 5.81. The van der Waals surface area contributed by atoms with E-state index in [1.807, 2.05) is 0 Å². The number of nitrogens with zero attached hydrogens (tertiary/aromatic N) is 2. The van der Waals surface area contributed by atoms with E-state index in [0.717, 1.165) is 12.8 Å². The van der Waals surface area contributed by atoms with E-state index < -0.39 is 12.7 Å². The van der Waals surface area contributed by atoms with Crippen molar-refractivity contribution < 1.29 is 18.0 Å². The van der Waals surface area contributed by atoms with Crippen molar-refractivity contribution >= 4 is 5.91 Å². The van der Waals surface area contributed by atoms with Gasteiger partial charge in [0.25, 0.3) is 0 Å². The molecule has 2 fully saturated rings. The van der Waals surface area contributed by atoms with Gasteiger partial charge in [-0.1, -0.05) is 0 Å². The molecule has 1 aliphatic carbocycles. The second-order valence-electron chi connectivity index (χ2n) is 4.49. The standard InChI is InChI=1S/C10H15F3N2O/c11-10(12,13)7-14-3-5-15(6-4-14)9(16)8-1-2-8/h8H,1-7H2. The average Bonchev–Trinajstić information content (AvgIpc) is 2.98. The first kappa shape index (κ1) is 11.7. The first-order chi connectivity index (χ1) is 7.46. The average molecular weight is 236 g/mol. The van der Waals surface area contributed by atoms with Crippen molar-refractivity contribution in [3.05, 3.63) is 0 Å². The molecule has 1 heterocycles. The molecule has 0 aromatic heterocycles. The minimum atomic E-state index is -4.14. The number of hydrogen-bond donors (Lipinski definition) is 0. The van der Waals surface area contributed by atoms with E-state index in [1.165, 1.54) is 4.90 Å². The zero-order valence-electron chi connectivity index (χ0n) is 8.96. The maximum atomic E-state index is 12.1. The Kier molecular flexibility index (Phi) is 3.10. The van der Waals surface area contributed by atoms with Gasteiger partial charge in [0, 0.05) is 32.1 Å². The highest BCUT2D eigenvalue weighted by Gasteiger charge is 2.36. The van der Waals surface area contributed by atoms with Gasteiger partial charge in [-0.25, -0.2) is 0 Å². The van der Waals surface area contributed by atoms with Crippen molar-refractivity contribution in [1.29, 1.82) is 0 Å². The highest BCUT2D eigenvalue weighted by Crippen LogP contribution is 2.31. The summed E-state index contributed by atoms with van der Waals surface area (Å²) >= 11 is 0. The lowest BCUT2D eigenvalue weighted by molar-refractivity contribution is -0.152. The van der Waals surface area contributed by atoms with Crippen molar-refractivity contribution in [3.63, 3.8) is 0 Å². The fourth-order valence-corrected chi connectivity index (χ4v) is 1.97. The second-order valence-corrected chi connectivity index (χ2v) is 4.49. The van der Waals surface area contributed by atoms with Gasteiger partial charge < -0.3 is 4.90 Å². The lowest BCUT2D eigenvalue weighted by atomic mass is 10.2. The van der Waals surface area contributed by atoms with Crippen LogP contribution in [-0.2, 0) is 4.79 Å². The summed E-state index contributed by atoms with van der Waals surface area (Å²) in [4.78, 5) is 14.7. The Hall–Kier alpha value is -0.780. The molecule has 3 nitrogen and oxygen atoms in total. The van der Waals surface area contributed by atoms with Crippen molar-refractivity contribution in [2.75, 3.05) is 32.7 Å². The molecule has 16 heavy (non-hydrogen) atoms. The van der Waals surface area contributed by atoms with E-state index in [1.54, 1.807) is 4.90 Å². The van der Waals surface area contributed by atoms with Gasteiger partial charge in [-0.2, -0.15) is 13.2 Å². The summed E-state index contributed by atoms with van der Waals surface area (Å²) in [5.41, 5.74) is 0. The zero-order chi connectivity index (χ0) is 11.8. The molecule has 0 N–H and O–H groups in total. The molecule has 0 atom stereocenters. The normalized spacial score (nSPS) is 23.6. The monoisotopic (exact) mass is 236 g/mol. The Labute approximate surface area is 92.2 Å². The van der Waals surface area contributed by atoms with Crippen LogP contribution in [0.3, 0.4) is 0 Å². The van der Waals surface area contributed by atoms with Gasteiger partial charge in [0.1, 0.15) is 0 Å². The van der Waals surface area contributed by atoms with E-state index in [9.17, 15) is 18.0 Å². The quantitative estimate of drug-likeness (QED) is 0.717. The third kappa shape index (κ3) is 3.10. The van der Waals surface area contributed by atoms with Gasteiger partial charge in [-0.05, 0) is 12.8 Å². The Morgan fingerprint density at radius 3 is 2.12 bits per heavy atom. The van der Waals surface area contributed by atoms with Gasteiger partial charge >= 0.3 is 6.18 Å². The van der Waals surface area contributed by atoms with E-state index in [4.69, 9.17) is 0 Å². The molecule has 2 aliphatic rings. The summed E-state index contributed by atoms with van der Waals surface area (Å²) in [6.07, 6.45) is -2.24.